The molecule has 0 spiro atoms. The Morgan fingerprint density at radius 1 is 1.05 bits per heavy atom. The lowest BCUT2D eigenvalue weighted by atomic mass is 9.77. The summed E-state index contributed by atoms with van der Waals surface area (Å²) in [5.74, 6) is -3.54. The van der Waals surface area contributed by atoms with Crippen LogP contribution in [0.1, 0.15) is 56.2 Å². The van der Waals surface area contributed by atoms with Gasteiger partial charge >= 0.3 is 11.9 Å². The fourth-order valence-electron chi connectivity index (χ4n) is 5.00. The number of carboxylic acid groups (broad SMARTS) is 2. The lowest BCUT2D eigenvalue weighted by molar-refractivity contribution is -0.165. The number of fused-ring (bicyclic) bond motifs is 1. The number of aliphatic carboxylic acids is 2. The molecule has 1 saturated carbocycles. The van der Waals surface area contributed by atoms with Gasteiger partial charge in [0.1, 0.15) is 0 Å². The number of anilines is 1. The van der Waals surface area contributed by atoms with E-state index in [2.05, 4.69) is 66.6 Å². The standard InChI is InChI=1S/C25H33ClN2S.C4H6O6/c1-25(2)13-3-4-21(16-25)29-20-8-5-18(6-9-20)17-28-24-22-12-15-27-14-11-19(22)7-10-23(24)26;5-1(3(7)8)2(6)4(9)10/h5-10,21,27-28H,3-4,11-17H2,1-2H3;1-2,5-6H,(H,7,8)(H,9,10). The van der Waals surface area contributed by atoms with Gasteiger partial charge in [-0.15, -0.1) is 11.8 Å². The Balaban J connectivity index is 0.000000360. The first kappa shape index (κ1) is 31.2. The number of carboxylic acids is 2. The molecule has 0 aromatic heterocycles. The largest absolute Gasteiger partial charge is 0.479 e. The van der Waals surface area contributed by atoms with E-state index in [1.165, 1.54) is 47.3 Å². The number of hydrogen-bond donors (Lipinski definition) is 6. The van der Waals surface area contributed by atoms with Crippen molar-refractivity contribution in [3.05, 3.63) is 58.1 Å². The third-order valence-electron chi connectivity index (χ3n) is 7.14. The van der Waals surface area contributed by atoms with Crippen molar-refractivity contribution in [2.45, 2.75) is 81.3 Å². The molecule has 0 radical (unpaired) electrons. The van der Waals surface area contributed by atoms with Crippen LogP contribution in [0.3, 0.4) is 0 Å². The van der Waals surface area contributed by atoms with Crippen LogP contribution in [0.25, 0.3) is 0 Å². The maximum atomic E-state index is 9.77. The van der Waals surface area contributed by atoms with Crippen LogP contribution in [0, 0.1) is 5.41 Å². The predicted molar refractivity (Wildman–Crippen MR) is 155 cm³/mol. The van der Waals surface area contributed by atoms with Crippen molar-refractivity contribution in [3.63, 3.8) is 0 Å². The molecule has 6 N–H and O–H groups in total. The van der Waals surface area contributed by atoms with Crippen LogP contribution >= 0.6 is 23.4 Å². The average Bonchev–Trinajstić information content (AvgIpc) is 3.13. The monoisotopic (exact) mass is 578 g/mol. The lowest BCUT2D eigenvalue weighted by Crippen LogP contribution is -2.39. The van der Waals surface area contributed by atoms with Crippen molar-refractivity contribution in [3.8, 4) is 0 Å². The number of nitrogens with one attached hydrogen (secondary N) is 2. The third-order valence-corrected chi connectivity index (χ3v) is 8.74. The second kappa shape index (κ2) is 14.4. The molecule has 2 aromatic carbocycles. The molecule has 8 nitrogen and oxygen atoms in total. The number of carbonyl (C=O) groups is 2. The van der Waals surface area contributed by atoms with Crippen LogP contribution in [-0.4, -0.2) is 62.9 Å². The minimum absolute atomic E-state index is 0.502. The lowest BCUT2D eigenvalue weighted by Gasteiger charge is -2.34. The molecule has 0 amide bonds. The van der Waals surface area contributed by atoms with Gasteiger partial charge in [0.2, 0.25) is 0 Å². The van der Waals surface area contributed by atoms with Crippen molar-refractivity contribution >= 4 is 41.0 Å². The fraction of sp³-hybridized carbons (Fsp3) is 0.517. The first-order chi connectivity index (χ1) is 18.5. The Labute approximate surface area is 239 Å². The van der Waals surface area contributed by atoms with E-state index < -0.39 is 24.1 Å². The van der Waals surface area contributed by atoms with Gasteiger partial charge in [-0.1, -0.05) is 50.1 Å². The van der Waals surface area contributed by atoms with Gasteiger partial charge in [-0.2, -0.15) is 0 Å². The van der Waals surface area contributed by atoms with Crippen LogP contribution in [0.5, 0.6) is 0 Å². The van der Waals surface area contributed by atoms with E-state index in [9.17, 15) is 9.59 Å². The molecule has 3 atom stereocenters. The van der Waals surface area contributed by atoms with Crippen molar-refractivity contribution in [1.82, 2.24) is 5.32 Å². The zero-order valence-corrected chi connectivity index (χ0v) is 24.0. The number of thioether (sulfide) groups is 1. The molecule has 1 aliphatic carbocycles. The molecule has 1 heterocycles. The first-order valence-corrected chi connectivity index (χ1v) is 14.5. The highest BCUT2D eigenvalue weighted by atomic mass is 35.5. The summed E-state index contributed by atoms with van der Waals surface area (Å²) in [6.45, 7) is 7.71. The van der Waals surface area contributed by atoms with Gasteiger partial charge in [0.25, 0.3) is 0 Å². The van der Waals surface area contributed by atoms with Gasteiger partial charge in [0, 0.05) is 16.7 Å². The zero-order chi connectivity index (χ0) is 28.6. The molecule has 39 heavy (non-hydrogen) atoms. The number of aliphatic hydroxyl groups excluding tert-OH is 2. The highest BCUT2D eigenvalue weighted by Crippen LogP contribution is 2.42. The molecule has 1 aliphatic heterocycles. The summed E-state index contributed by atoms with van der Waals surface area (Å²) < 4.78 is 0. The average molecular weight is 579 g/mol. The molecular weight excluding hydrogens is 540 g/mol. The maximum Gasteiger partial charge on any atom is 0.335 e. The second-order valence-corrected chi connectivity index (χ2v) is 12.7. The Hall–Kier alpha value is -2.30. The van der Waals surface area contributed by atoms with E-state index in [4.69, 9.17) is 32.0 Å². The molecule has 10 heteroatoms. The normalized spacial score (nSPS) is 19.9. The molecule has 1 fully saturated rings. The summed E-state index contributed by atoms with van der Waals surface area (Å²) in [5, 5.41) is 41.2. The van der Waals surface area contributed by atoms with Gasteiger partial charge in [-0.25, -0.2) is 9.59 Å². The smallest absolute Gasteiger partial charge is 0.335 e. The summed E-state index contributed by atoms with van der Waals surface area (Å²) in [7, 11) is 0. The molecule has 2 aliphatic rings. The van der Waals surface area contributed by atoms with E-state index in [0.717, 1.165) is 48.4 Å². The Morgan fingerprint density at radius 2 is 1.69 bits per heavy atom. The van der Waals surface area contributed by atoms with E-state index in [1.807, 2.05) is 6.07 Å². The number of rotatable bonds is 8. The van der Waals surface area contributed by atoms with Gasteiger partial charge in [-0.05, 0) is 85.5 Å². The van der Waals surface area contributed by atoms with Crippen molar-refractivity contribution in [2.75, 3.05) is 18.4 Å². The van der Waals surface area contributed by atoms with Crippen LogP contribution in [0.4, 0.5) is 5.69 Å². The topological polar surface area (TPSA) is 139 Å². The van der Waals surface area contributed by atoms with Gasteiger partial charge in [-0.3, -0.25) is 0 Å². The summed E-state index contributed by atoms with van der Waals surface area (Å²) in [4.78, 5) is 20.9. The number of hydrogen-bond acceptors (Lipinski definition) is 7. The van der Waals surface area contributed by atoms with Gasteiger partial charge in [0.15, 0.2) is 12.2 Å². The first-order valence-electron chi connectivity index (χ1n) is 13.3. The molecule has 4 rings (SSSR count). The summed E-state index contributed by atoms with van der Waals surface area (Å²) >= 11 is 8.62. The summed E-state index contributed by atoms with van der Waals surface area (Å²) in [5.41, 5.74) is 5.73. The number of benzene rings is 2. The predicted octanol–water partition coefficient (Wildman–Crippen LogP) is 4.58. The second-order valence-electron chi connectivity index (χ2n) is 10.9. The van der Waals surface area contributed by atoms with E-state index in [-0.39, 0.29) is 0 Å². The maximum absolute atomic E-state index is 9.77. The number of aliphatic hydroxyl groups is 2. The fourth-order valence-corrected chi connectivity index (χ4v) is 6.74. The van der Waals surface area contributed by atoms with Gasteiger partial charge in [0.05, 0.1) is 10.7 Å². The molecule has 0 saturated heterocycles. The highest BCUT2D eigenvalue weighted by Gasteiger charge is 2.29. The minimum atomic E-state index is -2.27. The van der Waals surface area contributed by atoms with Gasteiger partial charge < -0.3 is 31.1 Å². The van der Waals surface area contributed by atoms with Crippen molar-refractivity contribution in [1.29, 1.82) is 0 Å². The Morgan fingerprint density at radius 3 is 2.31 bits per heavy atom. The van der Waals surface area contributed by atoms with Crippen LogP contribution in [0.15, 0.2) is 41.3 Å². The van der Waals surface area contributed by atoms with E-state index in [1.54, 1.807) is 0 Å². The van der Waals surface area contributed by atoms with E-state index >= 15 is 0 Å². The highest BCUT2D eigenvalue weighted by molar-refractivity contribution is 8.00. The quantitative estimate of drug-likeness (QED) is 0.266. The third kappa shape index (κ3) is 9.39. The number of halogens is 1. The van der Waals surface area contributed by atoms with Crippen LogP contribution in [-0.2, 0) is 29.0 Å². The van der Waals surface area contributed by atoms with Crippen molar-refractivity contribution < 1.29 is 30.0 Å². The molecule has 3 unspecified atom stereocenters. The summed E-state index contributed by atoms with van der Waals surface area (Å²) in [6.07, 6.45) is 2.99. The van der Waals surface area contributed by atoms with E-state index in [0.29, 0.717) is 5.41 Å². The molecule has 2 aromatic rings. The summed E-state index contributed by atoms with van der Waals surface area (Å²) in [6, 6.07) is 13.3. The molecular formula is C29H39ClN2O6S. The Bertz CT molecular complexity index is 1110. The molecule has 214 valence electrons. The molecule has 0 bridgehead atoms. The zero-order valence-electron chi connectivity index (χ0n) is 22.5. The van der Waals surface area contributed by atoms with Crippen LogP contribution in [0.2, 0.25) is 5.02 Å². The Kier molecular flexibility index (Phi) is 11.5. The minimum Gasteiger partial charge on any atom is -0.479 e. The van der Waals surface area contributed by atoms with Crippen LogP contribution < -0.4 is 10.6 Å². The van der Waals surface area contributed by atoms with Crippen molar-refractivity contribution in [2.24, 2.45) is 5.41 Å². The SMILES string of the molecule is CC1(C)CCCC(Sc2ccc(CNc3c(Cl)ccc4c3CCNCC4)cc2)C1.O=C(O)C(O)C(O)C(=O)O.